The molecule has 0 amide bonds. The molecule has 0 spiro atoms. The molecule has 0 unspecified atom stereocenters. The topological polar surface area (TPSA) is 56.0 Å². The highest BCUT2D eigenvalue weighted by Crippen LogP contribution is 2.27. The van der Waals surface area contributed by atoms with Crippen LogP contribution in [0.1, 0.15) is 12.0 Å². The van der Waals surface area contributed by atoms with Crippen molar-refractivity contribution in [3.05, 3.63) is 35.0 Å². The van der Waals surface area contributed by atoms with Gasteiger partial charge in [-0.25, -0.2) is 4.98 Å². The Morgan fingerprint density at radius 1 is 1.44 bits per heavy atom. The van der Waals surface area contributed by atoms with Crippen LogP contribution in [0.3, 0.4) is 0 Å². The van der Waals surface area contributed by atoms with Gasteiger partial charge in [-0.2, -0.15) is 0 Å². The zero-order chi connectivity index (χ0) is 11.5. The second-order valence-electron chi connectivity index (χ2n) is 3.57. The van der Waals surface area contributed by atoms with Crippen molar-refractivity contribution in [3.8, 4) is 0 Å². The number of hydrogen-bond acceptors (Lipinski definition) is 3. The van der Waals surface area contributed by atoms with E-state index in [0.29, 0.717) is 23.7 Å². The molecule has 4 heteroatoms. The SMILES string of the molecule is Nc1nccc2cc(CCC=O)c(Cl)cc12. The summed E-state index contributed by atoms with van der Waals surface area (Å²) in [5.41, 5.74) is 6.71. The van der Waals surface area contributed by atoms with Crippen molar-refractivity contribution in [2.75, 3.05) is 5.73 Å². The van der Waals surface area contributed by atoms with Crippen molar-refractivity contribution < 1.29 is 4.79 Å². The van der Waals surface area contributed by atoms with Crippen LogP contribution in [0.2, 0.25) is 5.02 Å². The largest absolute Gasteiger partial charge is 0.383 e. The van der Waals surface area contributed by atoms with Crippen LogP contribution in [0.15, 0.2) is 24.4 Å². The van der Waals surface area contributed by atoms with Gasteiger partial charge in [0.2, 0.25) is 0 Å². The molecule has 1 aromatic carbocycles. The number of halogens is 1. The summed E-state index contributed by atoms with van der Waals surface area (Å²) in [7, 11) is 0. The van der Waals surface area contributed by atoms with Crippen LogP contribution in [-0.2, 0) is 11.2 Å². The summed E-state index contributed by atoms with van der Waals surface area (Å²) >= 11 is 6.11. The zero-order valence-corrected chi connectivity index (χ0v) is 9.37. The van der Waals surface area contributed by atoms with E-state index in [9.17, 15) is 4.79 Å². The molecule has 2 aromatic rings. The molecule has 3 nitrogen and oxygen atoms in total. The third-order valence-corrected chi connectivity index (χ3v) is 2.85. The highest BCUT2D eigenvalue weighted by atomic mass is 35.5. The monoisotopic (exact) mass is 234 g/mol. The first-order valence-electron chi connectivity index (χ1n) is 4.98. The summed E-state index contributed by atoms with van der Waals surface area (Å²) in [5.74, 6) is 0.473. The molecular formula is C12H11ClN2O. The molecule has 0 atom stereocenters. The number of nitrogens with zero attached hydrogens (tertiary/aromatic N) is 1. The van der Waals surface area contributed by atoms with Gasteiger partial charge in [0.15, 0.2) is 0 Å². The Morgan fingerprint density at radius 2 is 2.25 bits per heavy atom. The van der Waals surface area contributed by atoms with Crippen LogP contribution in [0.5, 0.6) is 0 Å². The minimum Gasteiger partial charge on any atom is -0.383 e. The van der Waals surface area contributed by atoms with Crippen molar-refractivity contribution in [1.82, 2.24) is 4.98 Å². The Bertz CT molecular complexity index is 540. The fourth-order valence-corrected chi connectivity index (χ4v) is 1.93. The van der Waals surface area contributed by atoms with Gasteiger partial charge in [-0.3, -0.25) is 0 Å². The number of hydrogen-bond donors (Lipinski definition) is 1. The predicted octanol–water partition coefficient (Wildman–Crippen LogP) is 2.60. The van der Waals surface area contributed by atoms with Crippen LogP contribution in [0.25, 0.3) is 10.8 Å². The number of carbonyl (C=O) groups excluding carboxylic acids is 1. The number of anilines is 1. The van der Waals surface area contributed by atoms with E-state index < -0.39 is 0 Å². The lowest BCUT2D eigenvalue weighted by Gasteiger charge is -2.06. The maximum absolute atomic E-state index is 10.3. The number of nitrogen functional groups attached to an aromatic ring is 1. The van der Waals surface area contributed by atoms with E-state index in [-0.39, 0.29) is 0 Å². The lowest BCUT2D eigenvalue weighted by molar-refractivity contribution is -0.107. The number of pyridine rings is 1. The summed E-state index contributed by atoms with van der Waals surface area (Å²) in [6.45, 7) is 0. The van der Waals surface area contributed by atoms with Crippen LogP contribution >= 0.6 is 11.6 Å². The molecule has 0 aliphatic rings. The van der Waals surface area contributed by atoms with Gasteiger partial charge in [0, 0.05) is 23.0 Å². The highest BCUT2D eigenvalue weighted by molar-refractivity contribution is 6.32. The van der Waals surface area contributed by atoms with Crippen LogP contribution < -0.4 is 5.73 Å². The lowest BCUT2D eigenvalue weighted by Crippen LogP contribution is -1.93. The molecule has 0 fully saturated rings. The Labute approximate surface area is 98.2 Å². The van der Waals surface area contributed by atoms with Crippen LogP contribution in [0.4, 0.5) is 5.82 Å². The first kappa shape index (κ1) is 10.9. The van der Waals surface area contributed by atoms with Gasteiger partial charge in [-0.15, -0.1) is 0 Å². The molecule has 0 aliphatic carbocycles. The minimum atomic E-state index is 0.473. The van der Waals surface area contributed by atoms with Crippen molar-refractivity contribution in [1.29, 1.82) is 0 Å². The van der Waals surface area contributed by atoms with Crippen LogP contribution in [0, 0.1) is 0 Å². The molecule has 0 radical (unpaired) electrons. The normalized spacial score (nSPS) is 10.6. The first-order chi connectivity index (χ1) is 7.72. The minimum absolute atomic E-state index is 0.473. The fourth-order valence-electron chi connectivity index (χ4n) is 1.67. The average molecular weight is 235 g/mol. The van der Waals surface area contributed by atoms with E-state index in [4.69, 9.17) is 17.3 Å². The number of fused-ring (bicyclic) bond motifs is 1. The number of rotatable bonds is 3. The second-order valence-corrected chi connectivity index (χ2v) is 3.97. The second kappa shape index (κ2) is 4.49. The molecule has 0 aliphatic heterocycles. The average Bonchev–Trinajstić information content (AvgIpc) is 2.28. The van der Waals surface area contributed by atoms with E-state index in [1.54, 1.807) is 12.3 Å². The molecular weight excluding hydrogens is 224 g/mol. The Hall–Kier alpha value is -1.61. The Kier molecular flexibility index (Phi) is 3.06. The molecule has 1 heterocycles. The first-order valence-corrected chi connectivity index (χ1v) is 5.36. The third kappa shape index (κ3) is 1.99. The van der Waals surface area contributed by atoms with Gasteiger partial charge in [-0.05, 0) is 35.6 Å². The Morgan fingerprint density at radius 3 is 3.00 bits per heavy atom. The Balaban J connectivity index is 2.54. The summed E-state index contributed by atoms with van der Waals surface area (Å²) < 4.78 is 0. The number of aryl methyl sites for hydroxylation is 1. The number of benzene rings is 1. The fraction of sp³-hybridized carbons (Fsp3) is 0.167. The number of nitrogens with two attached hydrogens (primary N) is 1. The van der Waals surface area contributed by atoms with Crippen molar-refractivity contribution >= 4 is 34.5 Å². The third-order valence-electron chi connectivity index (χ3n) is 2.49. The predicted molar refractivity (Wildman–Crippen MR) is 65.6 cm³/mol. The smallest absolute Gasteiger partial charge is 0.131 e. The lowest BCUT2D eigenvalue weighted by atomic mass is 10.0. The van der Waals surface area contributed by atoms with Gasteiger partial charge < -0.3 is 10.5 Å². The summed E-state index contributed by atoms with van der Waals surface area (Å²) in [6, 6.07) is 5.64. The molecule has 1 aromatic heterocycles. The van der Waals surface area contributed by atoms with E-state index >= 15 is 0 Å². The van der Waals surface area contributed by atoms with E-state index in [0.717, 1.165) is 22.6 Å². The van der Waals surface area contributed by atoms with Gasteiger partial charge in [-0.1, -0.05) is 11.6 Å². The highest BCUT2D eigenvalue weighted by Gasteiger charge is 2.05. The molecule has 16 heavy (non-hydrogen) atoms. The number of aromatic nitrogens is 1. The molecule has 0 bridgehead atoms. The molecule has 2 rings (SSSR count). The van der Waals surface area contributed by atoms with Crippen molar-refractivity contribution in [2.24, 2.45) is 0 Å². The van der Waals surface area contributed by atoms with E-state index in [2.05, 4.69) is 4.98 Å². The van der Waals surface area contributed by atoms with Crippen LogP contribution in [-0.4, -0.2) is 11.3 Å². The summed E-state index contributed by atoms with van der Waals surface area (Å²) in [6.07, 6.45) is 3.68. The summed E-state index contributed by atoms with van der Waals surface area (Å²) in [4.78, 5) is 14.3. The zero-order valence-electron chi connectivity index (χ0n) is 8.61. The van der Waals surface area contributed by atoms with Gasteiger partial charge in [0.25, 0.3) is 0 Å². The molecule has 82 valence electrons. The summed E-state index contributed by atoms with van der Waals surface area (Å²) in [5, 5.41) is 2.48. The van der Waals surface area contributed by atoms with Gasteiger partial charge in [0.05, 0.1) is 0 Å². The number of carbonyl (C=O) groups is 1. The molecule has 2 N–H and O–H groups in total. The molecule has 0 saturated heterocycles. The van der Waals surface area contributed by atoms with Crippen molar-refractivity contribution in [3.63, 3.8) is 0 Å². The van der Waals surface area contributed by atoms with E-state index in [1.807, 2.05) is 12.1 Å². The number of aldehydes is 1. The quantitative estimate of drug-likeness (QED) is 0.831. The maximum atomic E-state index is 10.3. The standard InChI is InChI=1S/C12H11ClN2O/c13-11-7-10-8(3-4-15-12(10)14)6-9(11)2-1-5-16/h3-7H,1-2H2,(H2,14,15). The van der Waals surface area contributed by atoms with Gasteiger partial charge in [0.1, 0.15) is 12.1 Å². The van der Waals surface area contributed by atoms with E-state index in [1.165, 1.54) is 0 Å². The molecule has 0 saturated carbocycles. The van der Waals surface area contributed by atoms with Crippen molar-refractivity contribution in [2.45, 2.75) is 12.8 Å². The maximum Gasteiger partial charge on any atom is 0.131 e. The van der Waals surface area contributed by atoms with Gasteiger partial charge >= 0.3 is 0 Å².